The molecule has 10 nitrogen and oxygen atoms in total. The second kappa shape index (κ2) is 15.7. The van der Waals surface area contributed by atoms with E-state index < -0.39 is 54.5 Å². The lowest BCUT2D eigenvalue weighted by molar-refractivity contribution is -0.306. The van der Waals surface area contributed by atoms with Crippen LogP contribution < -0.4 is 0 Å². The van der Waals surface area contributed by atoms with E-state index in [0.29, 0.717) is 19.3 Å². The van der Waals surface area contributed by atoms with Crippen LogP contribution >= 0.6 is 0 Å². The van der Waals surface area contributed by atoms with E-state index in [4.69, 9.17) is 28.8 Å². The lowest BCUT2D eigenvalue weighted by atomic mass is 9.98. The van der Waals surface area contributed by atoms with E-state index in [1.54, 1.807) is 6.92 Å². The van der Waals surface area contributed by atoms with Crippen LogP contribution in [0.1, 0.15) is 60.3 Å². The predicted octanol–water partition coefficient (Wildman–Crippen LogP) is 2.21. The molecule has 10 heteroatoms. The number of ether oxygens (including phenoxy) is 5. The van der Waals surface area contributed by atoms with Gasteiger partial charge in [0.2, 0.25) is 0 Å². The Balaban J connectivity index is 2.93. The van der Waals surface area contributed by atoms with Crippen LogP contribution in [-0.4, -0.2) is 78.6 Å². The van der Waals surface area contributed by atoms with Crippen molar-refractivity contribution in [1.82, 2.24) is 0 Å². The highest BCUT2D eigenvalue weighted by Crippen LogP contribution is 2.29. The average Bonchev–Trinajstić information content (AvgIpc) is 2.80. The molecule has 200 valence electrons. The first-order valence-electron chi connectivity index (χ1n) is 11.9. The zero-order chi connectivity index (χ0) is 26.5. The Morgan fingerprint density at radius 3 is 2.34 bits per heavy atom. The number of aliphatic hydroxyl groups is 2. The number of carbonyl (C=O) groups excluding carboxylic acids is 3. The van der Waals surface area contributed by atoms with Gasteiger partial charge in [0.25, 0.3) is 0 Å². The van der Waals surface area contributed by atoms with Crippen molar-refractivity contribution in [2.45, 2.75) is 91.0 Å². The fourth-order valence-electron chi connectivity index (χ4n) is 3.28. The monoisotopic (exact) mass is 500 g/mol. The number of carbonyl (C=O) groups is 3. The highest BCUT2D eigenvalue weighted by Gasteiger charge is 2.50. The van der Waals surface area contributed by atoms with Gasteiger partial charge in [0, 0.05) is 13.8 Å². The Kier molecular flexibility index (Phi) is 13.8. The van der Waals surface area contributed by atoms with E-state index in [9.17, 15) is 19.5 Å². The number of esters is 3. The molecule has 0 aliphatic carbocycles. The Morgan fingerprint density at radius 1 is 1.09 bits per heavy atom. The van der Waals surface area contributed by atoms with Crippen LogP contribution in [0.25, 0.3) is 0 Å². The standard InChI is InChI=1S/C25H40O10/c1-7-17(4)24(30)35-23-21(29)25(31-12-11-15(2)9-8-10-16(3)13-26)34-20(14-32-18(5)27)22(23)33-19(6)28/h10,17,20-23,25-26,29H,2,7-9,11-14H2,1,3-6H3/b16-10-/t17-,20-,21-,22-,23-,25-/m1/s1. The van der Waals surface area contributed by atoms with E-state index in [1.165, 1.54) is 13.8 Å². The van der Waals surface area contributed by atoms with Crippen molar-refractivity contribution in [3.05, 3.63) is 23.8 Å². The topological polar surface area (TPSA) is 138 Å². The summed E-state index contributed by atoms with van der Waals surface area (Å²) in [4.78, 5) is 35.6. The van der Waals surface area contributed by atoms with Crippen LogP contribution in [0.15, 0.2) is 23.8 Å². The molecule has 6 atom stereocenters. The first kappa shape index (κ1) is 30.8. The van der Waals surface area contributed by atoms with Crippen LogP contribution in [0, 0.1) is 5.92 Å². The Labute approximate surface area is 207 Å². The van der Waals surface area contributed by atoms with Crippen molar-refractivity contribution in [3.63, 3.8) is 0 Å². The molecule has 1 fully saturated rings. The molecule has 1 saturated heterocycles. The SMILES string of the molecule is C=C(CC/C=C(/C)CO)CCO[C@@H]1O[C@H](COC(C)=O)[C@@H](OC(C)=O)[C@H](OC(=O)[C@H](C)CC)[C@H]1O. The molecule has 1 aliphatic rings. The number of hydrogen-bond donors (Lipinski definition) is 2. The zero-order valence-electron chi connectivity index (χ0n) is 21.4. The van der Waals surface area contributed by atoms with Crippen molar-refractivity contribution < 1.29 is 48.3 Å². The van der Waals surface area contributed by atoms with E-state index >= 15 is 0 Å². The van der Waals surface area contributed by atoms with Crippen LogP contribution in [0.4, 0.5) is 0 Å². The van der Waals surface area contributed by atoms with E-state index in [1.807, 2.05) is 19.9 Å². The summed E-state index contributed by atoms with van der Waals surface area (Å²) in [5.41, 5.74) is 1.79. The fraction of sp³-hybridized carbons (Fsp3) is 0.720. The summed E-state index contributed by atoms with van der Waals surface area (Å²) in [5.74, 6) is -2.26. The summed E-state index contributed by atoms with van der Waals surface area (Å²) in [6.45, 7) is 11.6. The van der Waals surface area contributed by atoms with Crippen molar-refractivity contribution in [2.75, 3.05) is 19.8 Å². The molecule has 0 aromatic carbocycles. The van der Waals surface area contributed by atoms with E-state index in [-0.39, 0.29) is 19.8 Å². The van der Waals surface area contributed by atoms with Gasteiger partial charge >= 0.3 is 17.9 Å². The molecular weight excluding hydrogens is 460 g/mol. The molecule has 0 amide bonds. The van der Waals surface area contributed by atoms with Gasteiger partial charge < -0.3 is 33.9 Å². The van der Waals surface area contributed by atoms with Crippen molar-refractivity contribution in [1.29, 1.82) is 0 Å². The Bertz CT molecular complexity index is 747. The fourth-order valence-corrected chi connectivity index (χ4v) is 3.28. The maximum atomic E-state index is 12.5. The highest BCUT2D eigenvalue weighted by molar-refractivity contribution is 5.72. The van der Waals surface area contributed by atoms with Crippen molar-refractivity contribution in [3.8, 4) is 0 Å². The molecule has 0 unspecified atom stereocenters. The van der Waals surface area contributed by atoms with Crippen molar-refractivity contribution >= 4 is 17.9 Å². The first-order valence-corrected chi connectivity index (χ1v) is 11.9. The van der Waals surface area contributed by atoms with Gasteiger partial charge in [0.15, 0.2) is 18.5 Å². The smallest absolute Gasteiger partial charge is 0.309 e. The van der Waals surface area contributed by atoms with Gasteiger partial charge in [-0.15, -0.1) is 0 Å². The summed E-state index contributed by atoms with van der Waals surface area (Å²) >= 11 is 0. The van der Waals surface area contributed by atoms with Gasteiger partial charge in [-0.1, -0.05) is 37.6 Å². The normalized spacial score (nSPS) is 25.5. The Hall–Kier alpha value is -2.27. The van der Waals surface area contributed by atoms with Gasteiger partial charge in [0.05, 0.1) is 19.1 Å². The highest BCUT2D eigenvalue weighted by atomic mass is 16.7. The number of rotatable bonds is 14. The molecule has 1 aliphatic heterocycles. The van der Waals surface area contributed by atoms with E-state index in [0.717, 1.165) is 17.6 Å². The summed E-state index contributed by atoms with van der Waals surface area (Å²) in [6.07, 6.45) is -1.82. The second-order valence-corrected chi connectivity index (χ2v) is 8.74. The largest absolute Gasteiger partial charge is 0.463 e. The van der Waals surface area contributed by atoms with Gasteiger partial charge in [-0.2, -0.15) is 0 Å². The minimum absolute atomic E-state index is 0.0120. The summed E-state index contributed by atoms with van der Waals surface area (Å²) in [6, 6.07) is 0. The van der Waals surface area contributed by atoms with Crippen LogP contribution in [0.2, 0.25) is 0 Å². The predicted molar refractivity (Wildman–Crippen MR) is 126 cm³/mol. The zero-order valence-corrected chi connectivity index (χ0v) is 21.4. The average molecular weight is 501 g/mol. The molecule has 0 aromatic rings. The van der Waals surface area contributed by atoms with Crippen LogP contribution in [0.3, 0.4) is 0 Å². The minimum Gasteiger partial charge on any atom is -0.463 e. The molecular formula is C25H40O10. The summed E-state index contributed by atoms with van der Waals surface area (Å²) in [5, 5.41) is 20.0. The molecule has 0 bridgehead atoms. The lowest BCUT2D eigenvalue weighted by Gasteiger charge is -2.43. The molecule has 0 saturated carbocycles. The number of hydrogen-bond acceptors (Lipinski definition) is 10. The molecule has 1 rings (SSSR count). The second-order valence-electron chi connectivity index (χ2n) is 8.74. The minimum atomic E-state index is -1.45. The quantitative estimate of drug-likeness (QED) is 0.207. The van der Waals surface area contributed by atoms with E-state index in [2.05, 4.69) is 6.58 Å². The first-order chi connectivity index (χ1) is 16.5. The van der Waals surface area contributed by atoms with Gasteiger partial charge in [-0.3, -0.25) is 14.4 Å². The summed E-state index contributed by atoms with van der Waals surface area (Å²) in [7, 11) is 0. The number of aliphatic hydroxyl groups excluding tert-OH is 2. The van der Waals surface area contributed by atoms with Gasteiger partial charge in [-0.05, 0) is 32.6 Å². The number of allylic oxidation sites excluding steroid dienone is 1. The van der Waals surface area contributed by atoms with Crippen molar-refractivity contribution in [2.24, 2.45) is 5.92 Å². The third-order valence-electron chi connectivity index (χ3n) is 5.61. The maximum absolute atomic E-state index is 12.5. The van der Waals surface area contributed by atoms with Gasteiger partial charge in [0.1, 0.15) is 18.8 Å². The van der Waals surface area contributed by atoms with Gasteiger partial charge in [-0.25, -0.2) is 0 Å². The van der Waals surface area contributed by atoms with Crippen LogP contribution in [0.5, 0.6) is 0 Å². The summed E-state index contributed by atoms with van der Waals surface area (Å²) < 4.78 is 27.4. The molecule has 2 N–H and O–H groups in total. The molecule has 0 spiro atoms. The Morgan fingerprint density at radius 2 is 1.77 bits per heavy atom. The third-order valence-corrected chi connectivity index (χ3v) is 5.61. The molecule has 35 heavy (non-hydrogen) atoms. The maximum Gasteiger partial charge on any atom is 0.309 e. The molecule has 1 heterocycles. The lowest BCUT2D eigenvalue weighted by Crippen LogP contribution is -2.62. The van der Waals surface area contributed by atoms with Crippen LogP contribution in [-0.2, 0) is 38.1 Å². The molecule has 0 aromatic heterocycles. The molecule has 0 radical (unpaired) electrons. The third kappa shape index (κ3) is 10.9.